The Kier molecular flexibility index (Phi) is 2.07. The zero-order valence-corrected chi connectivity index (χ0v) is 8.98. The summed E-state index contributed by atoms with van der Waals surface area (Å²) in [5, 5.41) is 10.8. The van der Waals surface area contributed by atoms with E-state index in [4.69, 9.17) is 0 Å². The fourth-order valence-electron chi connectivity index (χ4n) is 2.57. The van der Waals surface area contributed by atoms with Crippen LogP contribution in [0.2, 0.25) is 0 Å². The monoisotopic (exact) mass is 214 g/mol. The average molecular weight is 214 g/mol. The van der Waals surface area contributed by atoms with Crippen LogP contribution in [-0.4, -0.2) is 15.1 Å². The van der Waals surface area contributed by atoms with Crippen LogP contribution in [0.25, 0.3) is 0 Å². The Morgan fingerprint density at radius 2 is 2.19 bits per heavy atom. The molecule has 16 heavy (non-hydrogen) atoms. The van der Waals surface area contributed by atoms with E-state index in [1.807, 2.05) is 18.2 Å². The first kappa shape index (κ1) is 9.60. The third kappa shape index (κ3) is 1.28. The highest BCUT2D eigenvalue weighted by Gasteiger charge is 2.36. The van der Waals surface area contributed by atoms with Gasteiger partial charge in [0, 0.05) is 0 Å². The maximum absolute atomic E-state index is 10.8. The number of aryl methyl sites for hydroxylation is 1. The first-order chi connectivity index (χ1) is 7.81. The number of hydrogen-bond donors (Lipinski definition) is 2. The summed E-state index contributed by atoms with van der Waals surface area (Å²) in [5.74, 6) is 0. The quantitative estimate of drug-likeness (QED) is 0.762. The van der Waals surface area contributed by atoms with E-state index in [1.54, 1.807) is 12.5 Å². The second-order valence-corrected chi connectivity index (χ2v) is 4.34. The third-order valence-corrected chi connectivity index (χ3v) is 3.39. The molecule has 2 aromatic rings. The van der Waals surface area contributed by atoms with Gasteiger partial charge in [0.2, 0.25) is 0 Å². The first-order valence-electron chi connectivity index (χ1n) is 5.60. The number of nitrogens with zero attached hydrogens (tertiary/aromatic N) is 1. The molecule has 0 bridgehead atoms. The number of H-pyrrole nitrogens is 1. The highest BCUT2D eigenvalue weighted by atomic mass is 16.3. The van der Waals surface area contributed by atoms with Crippen molar-refractivity contribution in [2.24, 2.45) is 0 Å². The SMILES string of the molecule is OC1(c2cnc[nH]2)CCCc2ccccc21. The molecule has 0 amide bonds. The Bertz CT molecular complexity index is 492. The van der Waals surface area contributed by atoms with Gasteiger partial charge in [0.25, 0.3) is 0 Å². The van der Waals surface area contributed by atoms with E-state index in [-0.39, 0.29) is 0 Å². The Labute approximate surface area is 94.2 Å². The smallest absolute Gasteiger partial charge is 0.131 e. The van der Waals surface area contributed by atoms with Crippen LogP contribution >= 0.6 is 0 Å². The van der Waals surface area contributed by atoms with Crippen molar-refractivity contribution in [1.82, 2.24) is 9.97 Å². The lowest BCUT2D eigenvalue weighted by molar-refractivity contribution is 0.0576. The number of aromatic amines is 1. The zero-order valence-electron chi connectivity index (χ0n) is 8.98. The van der Waals surface area contributed by atoms with Gasteiger partial charge in [-0.05, 0) is 30.4 Å². The van der Waals surface area contributed by atoms with Crippen molar-refractivity contribution in [3.8, 4) is 0 Å². The lowest BCUT2D eigenvalue weighted by atomic mass is 9.77. The molecule has 82 valence electrons. The third-order valence-electron chi connectivity index (χ3n) is 3.39. The fourth-order valence-corrected chi connectivity index (χ4v) is 2.57. The molecule has 0 fully saturated rings. The van der Waals surface area contributed by atoms with Crippen LogP contribution in [0.5, 0.6) is 0 Å². The van der Waals surface area contributed by atoms with Gasteiger partial charge in [-0.3, -0.25) is 0 Å². The van der Waals surface area contributed by atoms with Crippen molar-refractivity contribution in [2.45, 2.75) is 24.9 Å². The summed E-state index contributed by atoms with van der Waals surface area (Å²) in [6.07, 6.45) is 6.14. The first-order valence-corrected chi connectivity index (χ1v) is 5.60. The van der Waals surface area contributed by atoms with E-state index in [0.29, 0.717) is 0 Å². The van der Waals surface area contributed by atoms with E-state index >= 15 is 0 Å². The number of rotatable bonds is 1. The standard InChI is InChI=1S/C13H14N2O/c16-13(12-8-14-9-15-12)7-3-5-10-4-1-2-6-11(10)13/h1-2,4,6,8-9,16H,3,5,7H2,(H,14,15). The lowest BCUT2D eigenvalue weighted by Gasteiger charge is -2.33. The highest BCUT2D eigenvalue weighted by Crippen LogP contribution is 2.39. The molecule has 0 saturated carbocycles. The van der Waals surface area contributed by atoms with Gasteiger partial charge in [-0.25, -0.2) is 4.98 Å². The number of aromatic nitrogens is 2. The van der Waals surface area contributed by atoms with E-state index in [0.717, 1.165) is 30.5 Å². The summed E-state index contributed by atoms with van der Waals surface area (Å²) >= 11 is 0. The van der Waals surface area contributed by atoms with Crippen molar-refractivity contribution in [1.29, 1.82) is 0 Å². The van der Waals surface area contributed by atoms with Crippen LogP contribution in [0.1, 0.15) is 29.7 Å². The number of hydrogen-bond acceptors (Lipinski definition) is 2. The van der Waals surface area contributed by atoms with Crippen molar-refractivity contribution < 1.29 is 5.11 Å². The largest absolute Gasteiger partial charge is 0.379 e. The van der Waals surface area contributed by atoms with Gasteiger partial charge in [0.05, 0.1) is 18.2 Å². The molecule has 0 spiro atoms. The predicted molar refractivity (Wildman–Crippen MR) is 61.0 cm³/mol. The molecule has 3 heteroatoms. The summed E-state index contributed by atoms with van der Waals surface area (Å²) in [4.78, 5) is 7.03. The van der Waals surface area contributed by atoms with Gasteiger partial charge in [0.15, 0.2) is 0 Å². The normalized spacial score (nSPS) is 24.1. The molecular weight excluding hydrogens is 200 g/mol. The second kappa shape index (κ2) is 3.46. The van der Waals surface area contributed by atoms with Crippen molar-refractivity contribution in [3.05, 3.63) is 53.6 Å². The summed E-state index contributed by atoms with van der Waals surface area (Å²) in [5.41, 5.74) is 2.17. The van der Waals surface area contributed by atoms with Gasteiger partial charge in [-0.15, -0.1) is 0 Å². The molecule has 1 heterocycles. The van der Waals surface area contributed by atoms with Gasteiger partial charge >= 0.3 is 0 Å². The molecule has 0 saturated heterocycles. The molecule has 3 nitrogen and oxygen atoms in total. The summed E-state index contributed by atoms with van der Waals surface area (Å²) < 4.78 is 0. The molecule has 0 radical (unpaired) electrons. The molecule has 1 aliphatic rings. The Morgan fingerprint density at radius 1 is 1.31 bits per heavy atom. The van der Waals surface area contributed by atoms with Gasteiger partial charge < -0.3 is 10.1 Å². The molecule has 0 aliphatic heterocycles. The van der Waals surface area contributed by atoms with E-state index in [1.165, 1.54) is 5.56 Å². The molecule has 1 aliphatic carbocycles. The van der Waals surface area contributed by atoms with Gasteiger partial charge in [-0.1, -0.05) is 24.3 Å². The maximum atomic E-state index is 10.8. The minimum Gasteiger partial charge on any atom is -0.379 e. The summed E-state index contributed by atoms with van der Waals surface area (Å²) in [6, 6.07) is 8.11. The molecule has 3 rings (SSSR count). The minimum atomic E-state index is -0.884. The fraction of sp³-hybridized carbons (Fsp3) is 0.308. The molecule has 1 aromatic carbocycles. The van der Waals surface area contributed by atoms with Crippen molar-refractivity contribution in [3.63, 3.8) is 0 Å². The summed E-state index contributed by atoms with van der Waals surface area (Å²) in [6.45, 7) is 0. The topological polar surface area (TPSA) is 48.9 Å². The number of imidazole rings is 1. The minimum absolute atomic E-state index is 0.756. The zero-order chi connectivity index (χ0) is 11.0. The van der Waals surface area contributed by atoms with Crippen molar-refractivity contribution in [2.75, 3.05) is 0 Å². The van der Waals surface area contributed by atoms with E-state index in [9.17, 15) is 5.11 Å². The van der Waals surface area contributed by atoms with E-state index in [2.05, 4.69) is 16.0 Å². The number of benzene rings is 1. The Hall–Kier alpha value is -1.61. The molecular formula is C13H14N2O. The van der Waals surface area contributed by atoms with Crippen LogP contribution in [-0.2, 0) is 12.0 Å². The van der Waals surface area contributed by atoms with Crippen molar-refractivity contribution >= 4 is 0 Å². The highest BCUT2D eigenvalue weighted by molar-refractivity contribution is 5.40. The van der Waals surface area contributed by atoms with Gasteiger partial charge in [-0.2, -0.15) is 0 Å². The lowest BCUT2D eigenvalue weighted by Crippen LogP contribution is -2.32. The molecule has 1 unspecified atom stereocenters. The predicted octanol–water partition coefficient (Wildman–Crippen LogP) is 1.98. The number of aliphatic hydroxyl groups is 1. The Morgan fingerprint density at radius 3 is 3.00 bits per heavy atom. The number of fused-ring (bicyclic) bond motifs is 1. The summed E-state index contributed by atoms with van der Waals surface area (Å²) in [7, 11) is 0. The maximum Gasteiger partial charge on any atom is 0.131 e. The molecule has 2 N–H and O–H groups in total. The number of nitrogens with one attached hydrogen (secondary N) is 1. The van der Waals surface area contributed by atoms with Crippen LogP contribution in [0.4, 0.5) is 0 Å². The van der Waals surface area contributed by atoms with Crippen LogP contribution in [0, 0.1) is 0 Å². The molecule has 1 aromatic heterocycles. The van der Waals surface area contributed by atoms with E-state index < -0.39 is 5.60 Å². The molecule has 1 atom stereocenters. The van der Waals surface area contributed by atoms with Crippen LogP contribution in [0.3, 0.4) is 0 Å². The van der Waals surface area contributed by atoms with Crippen LogP contribution in [0.15, 0.2) is 36.8 Å². The second-order valence-electron chi connectivity index (χ2n) is 4.34. The van der Waals surface area contributed by atoms with Gasteiger partial charge in [0.1, 0.15) is 5.60 Å². The van der Waals surface area contributed by atoms with Crippen LogP contribution < -0.4 is 0 Å². The Balaban J connectivity index is 2.17. The average Bonchev–Trinajstić information content (AvgIpc) is 2.84.